The molecular weight excluding hydrogens is 228 g/mol. The first-order valence-corrected chi connectivity index (χ1v) is 6.55. The van der Waals surface area contributed by atoms with Gasteiger partial charge in [-0.1, -0.05) is 6.07 Å². The van der Waals surface area contributed by atoms with Crippen LogP contribution in [-0.2, 0) is 4.74 Å². The summed E-state index contributed by atoms with van der Waals surface area (Å²) in [4.78, 5) is 0. The van der Waals surface area contributed by atoms with Crippen LogP contribution in [0.2, 0.25) is 0 Å². The van der Waals surface area contributed by atoms with Gasteiger partial charge < -0.3 is 20.5 Å². The number of rotatable bonds is 8. The molecule has 0 amide bonds. The van der Waals surface area contributed by atoms with Gasteiger partial charge in [0, 0.05) is 19.8 Å². The lowest BCUT2D eigenvalue weighted by Gasteiger charge is -2.12. The molecule has 0 radical (unpaired) electrons. The van der Waals surface area contributed by atoms with Gasteiger partial charge in [-0.3, -0.25) is 0 Å². The van der Waals surface area contributed by atoms with Crippen molar-refractivity contribution in [1.29, 1.82) is 0 Å². The number of nitrogens with two attached hydrogens (primary N) is 1. The van der Waals surface area contributed by atoms with E-state index in [1.807, 2.05) is 18.2 Å². The van der Waals surface area contributed by atoms with Gasteiger partial charge in [-0.2, -0.15) is 0 Å². The third kappa shape index (κ3) is 3.81. The summed E-state index contributed by atoms with van der Waals surface area (Å²) in [5.74, 6) is 1.55. The molecule has 0 bridgehead atoms. The number of ether oxygens (including phenoxy) is 2. The Morgan fingerprint density at radius 3 is 2.94 bits per heavy atom. The fraction of sp³-hybridized carbons (Fsp3) is 0.571. The first-order valence-electron chi connectivity index (χ1n) is 6.55. The van der Waals surface area contributed by atoms with E-state index in [2.05, 4.69) is 5.32 Å². The Labute approximate surface area is 108 Å². The van der Waals surface area contributed by atoms with Gasteiger partial charge in [0.25, 0.3) is 0 Å². The maximum atomic E-state index is 5.96. The molecule has 1 aliphatic rings. The number of para-hydroxylation sites is 1. The van der Waals surface area contributed by atoms with E-state index in [1.54, 1.807) is 7.11 Å². The molecule has 1 aliphatic carbocycles. The van der Waals surface area contributed by atoms with Crippen molar-refractivity contribution in [3.8, 4) is 5.75 Å². The van der Waals surface area contributed by atoms with Crippen LogP contribution in [0.1, 0.15) is 19.3 Å². The van der Waals surface area contributed by atoms with Crippen LogP contribution in [0, 0.1) is 5.92 Å². The Morgan fingerprint density at radius 2 is 2.22 bits per heavy atom. The SMILES string of the molecule is COc1cccc(NCCCOCC2CC2)c1N. The molecule has 1 fully saturated rings. The van der Waals surface area contributed by atoms with E-state index in [4.69, 9.17) is 15.2 Å². The van der Waals surface area contributed by atoms with Crippen molar-refractivity contribution >= 4 is 11.4 Å². The van der Waals surface area contributed by atoms with E-state index in [1.165, 1.54) is 12.8 Å². The third-order valence-corrected chi connectivity index (χ3v) is 3.12. The lowest BCUT2D eigenvalue weighted by molar-refractivity contribution is 0.124. The van der Waals surface area contributed by atoms with Crippen LogP contribution in [-0.4, -0.2) is 26.9 Å². The first kappa shape index (κ1) is 13.0. The second-order valence-corrected chi connectivity index (χ2v) is 4.72. The largest absolute Gasteiger partial charge is 0.495 e. The number of benzene rings is 1. The van der Waals surface area contributed by atoms with Crippen molar-refractivity contribution in [2.75, 3.05) is 37.9 Å². The zero-order valence-electron chi connectivity index (χ0n) is 10.9. The summed E-state index contributed by atoms with van der Waals surface area (Å²) in [6, 6.07) is 5.75. The van der Waals surface area contributed by atoms with E-state index < -0.39 is 0 Å². The van der Waals surface area contributed by atoms with Gasteiger partial charge in [0.2, 0.25) is 0 Å². The molecule has 0 spiro atoms. The number of hydrogen-bond acceptors (Lipinski definition) is 4. The highest BCUT2D eigenvalue weighted by Gasteiger charge is 2.20. The molecule has 1 aromatic carbocycles. The van der Waals surface area contributed by atoms with Crippen molar-refractivity contribution in [3.05, 3.63) is 18.2 Å². The second kappa shape index (κ2) is 6.50. The molecular formula is C14H22N2O2. The van der Waals surface area contributed by atoms with Crippen molar-refractivity contribution < 1.29 is 9.47 Å². The van der Waals surface area contributed by atoms with Crippen LogP contribution in [0.4, 0.5) is 11.4 Å². The molecule has 100 valence electrons. The minimum absolute atomic E-state index is 0.666. The smallest absolute Gasteiger partial charge is 0.143 e. The molecule has 2 rings (SSSR count). The number of methoxy groups -OCH3 is 1. The molecule has 0 heterocycles. The minimum atomic E-state index is 0.666. The average molecular weight is 250 g/mol. The van der Waals surface area contributed by atoms with E-state index in [0.29, 0.717) is 11.4 Å². The van der Waals surface area contributed by atoms with Crippen LogP contribution < -0.4 is 15.8 Å². The highest BCUT2D eigenvalue weighted by molar-refractivity contribution is 5.72. The Hall–Kier alpha value is -1.42. The Bertz CT molecular complexity index is 378. The third-order valence-electron chi connectivity index (χ3n) is 3.12. The van der Waals surface area contributed by atoms with Gasteiger partial charge in [0.05, 0.1) is 18.5 Å². The molecule has 4 nitrogen and oxygen atoms in total. The van der Waals surface area contributed by atoms with Crippen molar-refractivity contribution in [2.45, 2.75) is 19.3 Å². The Kier molecular flexibility index (Phi) is 4.70. The van der Waals surface area contributed by atoms with Crippen LogP contribution in [0.25, 0.3) is 0 Å². The number of nitrogen functional groups attached to an aromatic ring is 1. The van der Waals surface area contributed by atoms with E-state index >= 15 is 0 Å². The molecule has 0 atom stereocenters. The lowest BCUT2D eigenvalue weighted by Crippen LogP contribution is -2.08. The zero-order chi connectivity index (χ0) is 12.8. The maximum Gasteiger partial charge on any atom is 0.143 e. The first-order chi connectivity index (χ1) is 8.81. The molecule has 0 aromatic heterocycles. The quantitative estimate of drug-likeness (QED) is 0.550. The monoisotopic (exact) mass is 250 g/mol. The Morgan fingerprint density at radius 1 is 1.39 bits per heavy atom. The zero-order valence-corrected chi connectivity index (χ0v) is 10.9. The normalized spacial score (nSPS) is 14.5. The summed E-state index contributed by atoms with van der Waals surface area (Å²) in [6.07, 6.45) is 3.68. The number of anilines is 2. The minimum Gasteiger partial charge on any atom is -0.495 e. The predicted octanol–water partition coefficient (Wildman–Crippen LogP) is 2.51. The highest BCUT2D eigenvalue weighted by atomic mass is 16.5. The second-order valence-electron chi connectivity index (χ2n) is 4.72. The molecule has 0 aliphatic heterocycles. The average Bonchev–Trinajstić information content (AvgIpc) is 3.19. The summed E-state index contributed by atoms with van der Waals surface area (Å²) in [5.41, 5.74) is 7.56. The molecule has 1 aromatic rings. The molecule has 0 saturated heterocycles. The van der Waals surface area contributed by atoms with Gasteiger partial charge in [-0.25, -0.2) is 0 Å². The fourth-order valence-corrected chi connectivity index (χ4v) is 1.81. The summed E-state index contributed by atoms with van der Waals surface area (Å²) in [7, 11) is 1.63. The molecule has 1 saturated carbocycles. The van der Waals surface area contributed by atoms with Crippen molar-refractivity contribution in [3.63, 3.8) is 0 Å². The van der Waals surface area contributed by atoms with Crippen molar-refractivity contribution in [2.24, 2.45) is 5.92 Å². The van der Waals surface area contributed by atoms with Gasteiger partial charge >= 0.3 is 0 Å². The molecule has 0 unspecified atom stereocenters. The Balaban J connectivity index is 1.65. The highest BCUT2D eigenvalue weighted by Crippen LogP contribution is 2.29. The molecule has 18 heavy (non-hydrogen) atoms. The fourth-order valence-electron chi connectivity index (χ4n) is 1.81. The summed E-state index contributed by atoms with van der Waals surface area (Å²) in [5, 5.41) is 3.31. The van der Waals surface area contributed by atoms with Gasteiger partial charge in [-0.15, -0.1) is 0 Å². The van der Waals surface area contributed by atoms with Crippen molar-refractivity contribution in [1.82, 2.24) is 0 Å². The molecule has 3 N–H and O–H groups in total. The van der Waals surface area contributed by atoms with E-state index in [-0.39, 0.29) is 0 Å². The van der Waals surface area contributed by atoms with Crippen LogP contribution in [0.15, 0.2) is 18.2 Å². The van der Waals surface area contributed by atoms with Gasteiger partial charge in [-0.05, 0) is 37.3 Å². The predicted molar refractivity (Wildman–Crippen MR) is 74.1 cm³/mol. The lowest BCUT2D eigenvalue weighted by atomic mass is 10.2. The number of nitrogens with one attached hydrogen (secondary N) is 1. The van der Waals surface area contributed by atoms with Crippen LogP contribution >= 0.6 is 0 Å². The maximum absolute atomic E-state index is 5.96. The summed E-state index contributed by atoms with van der Waals surface area (Å²) >= 11 is 0. The summed E-state index contributed by atoms with van der Waals surface area (Å²) < 4.78 is 10.7. The standard InChI is InChI=1S/C14H22N2O2/c1-17-13-5-2-4-12(14(13)15)16-8-3-9-18-10-11-6-7-11/h2,4-5,11,16H,3,6-10,15H2,1H3. The van der Waals surface area contributed by atoms with Crippen LogP contribution in [0.5, 0.6) is 5.75 Å². The van der Waals surface area contributed by atoms with E-state index in [0.717, 1.165) is 37.8 Å². The van der Waals surface area contributed by atoms with Crippen LogP contribution in [0.3, 0.4) is 0 Å². The topological polar surface area (TPSA) is 56.5 Å². The van der Waals surface area contributed by atoms with Gasteiger partial charge in [0.1, 0.15) is 5.75 Å². The summed E-state index contributed by atoms with van der Waals surface area (Å²) in [6.45, 7) is 2.61. The van der Waals surface area contributed by atoms with E-state index in [9.17, 15) is 0 Å². The number of hydrogen-bond donors (Lipinski definition) is 2. The molecule has 4 heteroatoms. The van der Waals surface area contributed by atoms with Gasteiger partial charge in [0.15, 0.2) is 0 Å².